The first kappa shape index (κ1) is 19.3. The normalized spacial score (nSPS) is 10.8. The minimum Gasteiger partial charge on any atom is -0.497 e. The van der Waals surface area contributed by atoms with Crippen molar-refractivity contribution in [1.29, 1.82) is 0 Å². The highest BCUT2D eigenvalue weighted by atomic mass is 16.5. The van der Waals surface area contributed by atoms with Crippen molar-refractivity contribution in [3.05, 3.63) is 71.8 Å². The molecule has 4 rings (SSSR count). The minimum absolute atomic E-state index is 0.0973. The second-order valence-electron chi connectivity index (χ2n) is 6.81. The van der Waals surface area contributed by atoms with Crippen LogP contribution in [0.4, 0.5) is 11.5 Å². The van der Waals surface area contributed by atoms with E-state index in [1.807, 2.05) is 38.1 Å². The maximum Gasteiger partial charge on any atom is 0.337 e. The van der Waals surface area contributed by atoms with Crippen LogP contribution >= 0.6 is 0 Å². The van der Waals surface area contributed by atoms with Gasteiger partial charge < -0.3 is 20.1 Å². The van der Waals surface area contributed by atoms with E-state index in [1.54, 1.807) is 29.3 Å². The van der Waals surface area contributed by atoms with Gasteiger partial charge >= 0.3 is 5.97 Å². The Balaban J connectivity index is 1.93. The molecule has 0 saturated carbocycles. The van der Waals surface area contributed by atoms with Crippen LogP contribution in [0.25, 0.3) is 16.9 Å². The third-order valence-electron chi connectivity index (χ3n) is 4.88. The highest BCUT2D eigenvalue weighted by Gasteiger charge is 2.22. The van der Waals surface area contributed by atoms with Crippen molar-refractivity contribution in [3.63, 3.8) is 0 Å². The Labute approximate surface area is 173 Å². The average Bonchev–Trinajstić information content (AvgIpc) is 3.36. The number of aromatic carboxylic acids is 1. The highest BCUT2D eigenvalue weighted by Crippen LogP contribution is 2.36. The van der Waals surface area contributed by atoms with Gasteiger partial charge in [-0.25, -0.2) is 14.5 Å². The molecule has 0 aliphatic carbocycles. The van der Waals surface area contributed by atoms with Crippen LogP contribution in [-0.4, -0.2) is 37.9 Å². The van der Waals surface area contributed by atoms with E-state index >= 15 is 0 Å². The Bertz CT molecular complexity index is 1210. The van der Waals surface area contributed by atoms with Gasteiger partial charge in [-0.05, 0) is 43.7 Å². The number of rotatable bonds is 6. The van der Waals surface area contributed by atoms with Crippen molar-refractivity contribution in [2.75, 3.05) is 12.4 Å². The average molecular weight is 403 g/mol. The molecular weight excluding hydrogens is 382 g/mol. The summed E-state index contributed by atoms with van der Waals surface area (Å²) in [6.45, 7) is 3.91. The van der Waals surface area contributed by atoms with Crippen LogP contribution in [0.5, 0.6) is 5.75 Å². The van der Waals surface area contributed by atoms with E-state index in [9.17, 15) is 9.90 Å². The first-order chi connectivity index (χ1) is 14.5. The number of aryl methyl sites for hydroxylation is 2. The molecule has 4 aromatic rings. The molecular formula is C22H21N5O3. The lowest BCUT2D eigenvalue weighted by molar-refractivity contribution is 0.0697. The Hall–Kier alpha value is -4.07. The minimum atomic E-state index is -1.06. The summed E-state index contributed by atoms with van der Waals surface area (Å²) >= 11 is 0. The number of aromatic amines is 1. The number of hydrogen-bond donors (Lipinski definition) is 3. The monoisotopic (exact) mass is 403 g/mol. The number of carbonyl (C=O) groups is 1. The molecule has 0 radical (unpaired) electrons. The highest BCUT2D eigenvalue weighted by molar-refractivity contribution is 5.96. The zero-order chi connectivity index (χ0) is 21.3. The molecule has 2 aromatic heterocycles. The van der Waals surface area contributed by atoms with E-state index in [2.05, 4.69) is 15.3 Å². The van der Waals surface area contributed by atoms with Crippen LogP contribution in [0.15, 0.2) is 55.0 Å². The summed E-state index contributed by atoms with van der Waals surface area (Å²) in [5.41, 5.74) is 4.81. The number of H-pyrrole nitrogens is 1. The zero-order valence-electron chi connectivity index (χ0n) is 16.8. The van der Waals surface area contributed by atoms with Gasteiger partial charge in [-0.1, -0.05) is 18.2 Å². The summed E-state index contributed by atoms with van der Waals surface area (Å²) in [5.74, 6) is 0.0484. The predicted octanol–water partition coefficient (Wildman–Crippen LogP) is 4.33. The van der Waals surface area contributed by atoms with Crippen LogP contribution in [0.2, 0.25) is 0 Å². The van der Waals surface area contributed by atoms with Gasteiger partial charge in [0.05, 0.1) is 53.5 Å². The number of benzene rings is 2. The number of para-hydroxylation sites is 1. The SMILES string of the molecule is COc1ccc(Nc2c(-c3cnc[nH]3)c(C)nn2-c2ccccc2C)c(C(=O)O)c1. The number of hydrogen-bond acceptors (Lipinski definition) is 5. The lowest BCUT2D eigenvalue weighted by atomic mass is 10.1. The molecule has 3 N–H and O–H groups in total. The molecule has 0 aliphatic rings. The second-order valence-corrected chi connectivity index (χ2v) is 6.81. The van der Waals surface area contributed by atoms with E-state index in [-0.39, 0.29) is 5.56 Å². The largest absolute Gasteiger partial charge is 0.497 e. The van der Waals surface area contributed by atoms with Crippen LogP contribution in [0.3, 0.4) is 0 Å². The van der Waals surface area contributed by atoms with Crippen LogP contribution in [0.1, 0.15) is 21.6 Å². The van der Waals surface area contributed by atoms with Gasteiger partial charge in [-0.15, -0.1) is 0 Å². The van der Waals surface area contributed by atoms with Gasteiger partial charge in [-0.3, -0.25) is 0 Å². The molecule has 30 heavy (non-hydrogen) atoms. The maximum absolute atomic E-state index is 11.9. The fraction of sp³-hybridized carbons (Fsp3) is 0.136. The van der Waals surface area contributed by atoms with E-state index < -0.39 is 5.97 Å². The quantitative estimate of drug-likeness (QED) is 0.443. The lowest BCUT2D eigenvalue weighted by Crippen LogP contribution is -2.08. The Morgan fingerprint density at radius 2 is 2.00 bits per heavy atom. The van der Waals surface area contributed by atoms with E-state index in [0.29, 0.717) is 17.3 Å². The molecule has 8 heteroatoms. The number of imidazole rings is 1. The Kier molecular flexibility index (Phi) is 4.97. The zero-order valence-corrected chi connectivity index (χ0v) is 16.8. The predicted molar refractivity (Wildman–Crippen MR) is 114 cm³/mol. The van der Waals surface area contributed by atoms with Crippen molar-refractivity contribution in [3.8, 4) is 22.7 Å². The standard InChI is InChI=1S/C22H21N5O3/c1-13-6-4-5-7-19(13)27-21(20(14(2)26-27)18-11-23-12-24-18)25-17-9-8-15(30-3)10-16(17)22(28)29/h4-12,25H,1-3H3,(H,23,24)(H,28,29). The van der Waals surface area contributed by atoms with E-state index in [0.717, 1.165) is 28.2 Å². The van der Waals surface area contributed by atoms with Crippen LogP contribution in [0, 0.1) is 13.8 Å². The van der Waals surface area contributed by atoms with Gasteiger partial charge in [0.2, 0.25) is 0 Å². The summed E-state index contributed by atoms with van der Waals surface area (Å²) < 4.78 is 6.97. The van der Waals surface area contributed by atoms with Gasteiger partial charge in [0.25, 0.3) is 0 Å². The number of methoxy groups -OCH3 is 1. The number of ether oxygens (including phenoxy) is 1. The molecule has 0 bridgehead atoms. The summed E-state index contributed by atoms with van der Waals surface area (Å²) in [6, 6.07) is 12.8. The molecule has 0 unspecified atom stereocenters. The number of carboxylic acids is 1. The lowest BCUT2D eigenvalue weighted by Gasteiger charge is -2.15. The molecule has 0 saturated heterocycles. The molecule has 0 atom stereocenters. The third-order valence-corrected chi connectivity index (χ3v) is 4.88. The van der Waals surface area contributed by atoms with E-state index in [1.165, 1.54) is 13.2 Å². The summed E-state index contributed by atoms with van der Waals surface area (Å²) in [5, 5.41) is 17.7. The van der Waals surface area contributed by atoms with Gasteiger partial charge in [0.1, 0.15) is 11.6 Å². The molecule has 0 spiro atoms. The van der Waals surface area contributed by atoms with Crippen molar-refractivity contribution in [1.82, 2.24) is 19.7 Å². The molecule has 0 fully saturated rings. The van der Waals surface area contributed by atoms with Crippen molar-refractivity contribution >= 4 is 17.5 Å². The number of carboxylic acid groups (broad SMARTS) is 1. The molecule has 0 amide bonds. The number of aromatic nitrogens is 4. The Morgan fingerprint density at radius 3 is 2.67 bits per heavy atom. The van der Waals surface area contributed by atoms with Crippen molar-refractivity contribution in [2.24, 2.45) is 0 Å². The summed E-state index contributed by atoms with van der Waals surface area (Å²) in [7, 11) is 1.50. The van der Waals surface area contributed by atoms with Crippen LogP contribution in [-0.2, 0) is 0 Å². The fourth-order valence-corrected chi connectivity index (χ4v) is 3.40. The second kappa shape index (κ2) is 7.75. The topological polar surface area (TPSA) is 105 Å². The number of anilines is 2. The van der Waals surface area contributed by atoms with E-state index in [4.69, 9.17) is 9.84 Å². The molecule has 0 aliphatic heterocycles. The fourth-order valence-electron chi connectivity index (χ4n) is 3.40. The smallest absolute Gasteiger partial charge is 0.337 e. The van der Waals surface area contributed by atoms with Gasteiger partial charge in [0.15, 0.2) is 0 Å². The number of nitrogens with one attached hydrogen (secondary N) is 2. The molecule has 152 valence electrons. The molecule has 2 heterocycles. The number of nitrogens with zero attached hydrogens (tertiary/aromatic N) is 3. The maximum atomic E-state index is 11.9. The van der Waals surface area contributed by atoms with Crippen molar-refractivity contribution < 1.29 is 14.6 Å². The molecule has 2 aromatic carbocycles. The van der Waals surface area contributed by atoms with Crippen LogP contribution < -0.4 is 10.1 Å². The van der Waals surface area contributed by atoms with Crippen molar-refractivity contribution in [2.45, 2.75) is 13.8 Å². The van der Waals surface area contributed by atoms with Gasteiger partial charge in [0, 0.05) is 0 Å². The first-order valence-corrected chi connectivity index (χ1v) is 9.32. The summed E-state index contributed by atoms with van der Waals surface area (Å²) in [6.07, 6.45) is 3.31. The first-order valence-electron chi connectivity index (χ1n) is 9.32. The summed E-state index contributed by atoms with van der Waals surface area (Å²) in [4.78, 5) is 19.1. The molecule has 8 nitrogen and oxygen atoms in total. The Morgan fingerprint density at radius 1 is 1.20 bits per heavy atom. The van der Waals surface area contributed by atoms with Gasteiger partial charge in [-0.2, -0.15) is 5.10 Å². The third kappa shape index (κ3) is 3.39.